The number of ketones is 1. The second-order valence-corrected chi connectivity index (χ2v) is 10.8. The molecule has 214 valence electrons. The molecule has 2 aromatic rings. The fourth-order valence-corrected chi connectivity index (χ4v) is 5.86. The fourth-order valence-electron chi connectivity index (χ4n) is 5.40. The number of benzene rings is 2. The molecule has 2 atom stereocenters. The molecule has 0 radical (unpaired) electrons. The number of methoxy groups -OCH3 is 2. The van der Waals surface area contributed by atoms with Crippen LogP contribution in [0.2, 0.25) is 0 Å². The standard InChI is InChI=1S/C31H36BrNO7/c1-6-8-11-40-31(36)27-17(3)33-22-13-19(18-9-10-24(37-4)25(15-18)38-5)14-23(34)29(22)28(27)20-12-21(32)30(35)26(16-20)39-7-2/h9-10,12,15-16,19,28,33,35H,6-8,11,13-14H2,1-5H3/t19-,28+/m0/s1. The van der Waals surface area contributed by atoms with E-state index in [1.54, 1.807) is 26.4 Å². The van der Waals surface area contributed by atoms with Crippen LogP contribution < -0.4 is 19.5 Å². The number of hydrogen-bond acceptors (Lipinski definition) is 8. The van der Waals surface area contributed by atoms with Gasteiger partial charge in [0.15, 0.2) is 28.8 Å². The minimum Gasteiger partial charge on any atom is -0.503 e. The van der Waals surface area contributed by atoms with Crippen molar-refractivity contribution in [2.45, 2.75) is 58.3 Å². The van der Waals surface area contributed by atoms with Gasteiger partial charge in [0.1, 0.15) is 0 Å². The van der Waals surface area contributed by atoms with Crippen LogP contribution in [-0.2, 0) is 14.3 Å². The summed E-state index contributed by atoms with van der Waals surface area (Å²) in [6, 6.07) is 9.14. The first kappa shape index (κ1) is 29.5. The molecular weight excluding hydrogens is 578 g/mol. The molecule has 9 heteroatoms. The lowest BCUT2D eigenvalue weighted by atomic mass is 9.71. The molecular formula is C31H36BrNO7. The highest BCUT2D eigenvalue weighted by Crippen LogP contribution is 2.48. The quantitative estimate of drug-likeness (QED) is 0.238. The van der Waals surface area contributed by atoms with Gasteiger partial charge >= 0.3 is 5.97 Å². The zero-order valence-electron chi connectivity index (χ0n) is 23.6. The first-order valence-corrected chi connectivity index (χ1v) is 14.3. The van der Waals surface area contributed by atoms with Crippen LogP contribution in [0.1, 0.15) is 69.4 Å². The monoisotopic (exact) mass is 613 g/mol. The molecule has 0 saturated carbocycles. The molecule has 1 heterocycles. The van der Waals surface area contributed by atoms with Crippen molar-refractivity contribution in [3.05, 3.63) is 68.5 Å². The minimum absolute atomic E-state index is 0.0370. The Morgan fingerprint density at radius 3 is 2.45 bits per heavy atom. The second kappa shape index (κ2) is 12.8. The van der Waals surface area contributed by atoms with Gasteiger partial charge in [-0.15, -0.1) is 0 Å². The number of allylic oxidation sites excluding steroid dienone is 3. The molecule has 40 heavy (non-hydrogen) atoms. The number of halogens is 1. The van der Waals surface area contributed by atoms with E-state index in [4.69, 9.17) is 18.9 Å². The van der Waals surface area contributed by atoms with Crippen LogP contribution >= 0.6 is 15.9 Å². The molecule has 0 saturated heterocycles. The van der Waals surface area contributed by atoms with Gasteiger partial charge < -0.3 is 29.4 Å². The molecule has 0 unspecified atom stereocenters. The predicted molar refractivity (Wildman–Crippen MR) is 155 cm³/mol. The maximum absolute atomic E-state index is 14.0. The van der Waals surface area contributed by atoms with Gasteiger partial charge in [0.05, 0.1) is 37.5 Å². The summed E-state index contributed by atoms with van der Waals surface area (Å²) < 4.78 is 22.6. The Labute approximate surface area is 243 Å². The summed E-state index contributed by atoms with van der Waals surface area (Å²) in [5.74, 6) is 0.166. The Bertz CT molecular complexity index is 1360. The lowest BCUT2D eigenvalue weighted by molar-refractivity contribution is -0.139. The summed E-state index contributed by atoms with van der Waals surface area (Å²) in [6.45, 7) is 6.32. The Morgan fingerprint density at radius 1 is 1.05 bits per heavy atom. The van der Waals surface area contributed by atoms with Crippen LogP contribution in [0.5, 0.6) is 23.0 Å². The highest BCUT2D eigenvalue weighted by Gasteiger charge is 2.42. The molecule has 1 aliphatic carbocycles. The number of dihydropyridines is 1. The molecule has 0 aromatic heterocycles. The van der Waals surface area contributed by atoms with E-state index in [1.807, 2.05) is 39.0 Å². The summed E-state index contributed by atoms with van der Waals surface area (Å²) in [5, 5.41) is 13.9. The molecule has 0 bridgehead atoms. The zero-order chi connectivity index (χ0) is 29.0. The van der Waals surface area contributed by atoms with E-state index in [0.29, 0.717) is 58.0 Å². The lowest BCUT2D eigenvalue weighted by Crippen LogP contribution is -2.36. The van der Waals surface area contributed by atoms with Crippen molar-refractivity contribution >= 4 is 27.7 Å². The summed E-state index contributed by atoms with van der Waals surface area (Å²) in [4.78, 5) is 27.4. The summed E-state index contributed by atoms with van der Waals surface area (Å²) in [7, 11) is 3.17. The van der Waals surface area contributed by atoms with Crippen molar-refractivity contribution in [1.82, 2.24) is 5.32 Å². The van der Waals surface area contributed by atoms with E-state index >= 15 is 0 Å². The average Bonchev–Trinajstić information content (AvgIpc) is 2.94. The number of carbonyl (C=O) groups is 2. The predicted octanol–water partition coefficient (Wildman–Crippen LogP) is 6.28. The van der Waals surface area contributed by atoms with Gasteiger partial charge in [0.2, 0.25) is 0 Å². The Balaban J connectivity index is 1.81. The van der Waals surface area contributed by atoms with Gasteiger partial charge in [-0.2, -0.15) is 0 Å². The van der Waals surface area contributed by atoms with Crippen LogP contribution in [0.15, 0.2) is 57.3 Å². The first-order chi connectivity index (χ1) is 19.2. The van der Waals surface area contributed by atoms with Crippen molar-refractivity contribution in [3.8, 4) is 23.0 Å². The third-order valence-electron chi connectivity index (χ3n) is 7.34. The molecule has 0 fully saturated rings. The number of Topliss-reactive ketones (excluding diaryl/α,β-unsaturated/α-hetero) is 1. The van der Waals surface area contributed by atoms with Crippen molar-refractivity contribution in [2.75, 3.05) is 27.4 Å². The zero-order valence-corrected chi connectivity index (χ0v) is 25.1. The van der Waals surface area contributed by atoms with E-state index in [-0.39, 0.29) is 29.6 Å². The smallest absolute Gasteiger partial charge is 0.336 e. The number of unbranched alkanes of at least 4 members (excludes halogenated alkanes) is 1. The van der Waals surface area contributed by atoms with Gasteiger partial charge in [-0.25, -0.2) is 4.79 Å². The Hall–Kier alpha value is -3.46. The largest absolute Gasteiger partial charge is 0.503 e. The number of hydrogen-bond donors (Lipinski definition) is 2. The van der Waals surface area contributed by atoms with Crippen LogP contribution in [0.3, 0.4) is 0 Å². The minimum atomic E-state index is -0.680. The Morgan fingerprint density at radius 2 is 1.77 bits per heavy atom. The van der Waals surface area contributed by atoms with Crippen molar-refractivity contribution < 1.29 is 33.6 Å². The highest BCUT2D eigenvalue weighted by molar-refractivity contribution is 9.10. The number of phenolic OH excluding ortho intramolecular Hbond substituents is 1. The van der Waals surface area contributed by atoms with Gasteiger partial charge in [-0.05, 0) is 83.9 Å². The first-order valence-electron chi connectivity index (χ1n) is 13.5. The van der Waals surface area contributed by atoms with Gasteiger partial charge in [0, 0.05) is 29.3 Å². The average molecular weight is 615 g/mol. The van der Waals surface area contributed by atoms with E-state index in [0.717, 1.165) is 24.1 Å². The number of ether oxygens (including phenoxy) is 4. The third-order valence-corrected chi connectivity index (χ3v) is 7.95. The maximum atomic E-state index is 14.0. The van der Waals surface area contributed by atoms with Crippen LogP contribution in [0.4, 0.5) is 0 Å². The number of rotatable bonds is 10. The molecule has 0 spiro atoms. The SMILES string of the molecule is CCCCOC(=O)C1=C(C)NC2=C(C(=O)C[C@@H](c3ccc(OC)c(OC)c3)C2)[C@@H]1c1cc(Br)c(O)c(OCC)c1. The number of esters is 1. The highest BCUT2D eigenvalue weighted by atomic mass is 79.9. The topological polar surface area (TPSA) is 103 Å². The number of nitrogens with one attached hydrogen (secondary N) is 1. The van der Waals surface area contributed by atoms with Gasteiger partial charge in [0.25, 0.3) is 0 Å². The maximum Gasteiger partial charge on any atom is 0.336 e. The molecule has 2 N–H and O–H groups in total. The van der Waals surface area contributed by atoms with E-state index < -0.39 is 11.9 Å². The summed E-state index contributed by atoms with van der Waals surface area (Å²) >= 11 is 3.42. The van der Waals surface area contributed by atoms with E-state index in [1.165, 1.54) is 0 Å². The molecule has 0 amide bonds. The van der Waals surface area contributed by atoms with Gasteiger partial charge in [-0.3, -0.25) is 4.79 Å². The number of carbonyl (C=O) groups excluding carboxylic acids is 2. The fraction of sp³-hybridized carbons (Fsp3) is 0.419. The van der Waals surface area contributed by atoms with Crippen molar-refractivity contribution in [3.63, 3.8) is 0 Å². The second-order valence-electron chi connectivity index (χ2n) is 9.90. The van der Waals surface area contributed by atoms with E-state index in [2.05, 4.69) is 21.2 Å². The van der Waals surface area contributed by atoms with Crippen molar-refractivity contribution in [1.29, 1.82) is 0 Å². The Kier molecular flexibility index (Phi) is 9.45. The van der Waals surface area contributed by atoms with Crippen LogP contribution in [0.25, 0.3) is 0 Å². The van der Waals surface area contributed by atoms with Crippen molar-refractivity contribution in [2.24, 2.45) is 0 Å². The van der Waals surface area contributed by atoms with Gasteiger partial charge in [-0.1, -0.05) is 19.4 Å². The van der Waals surface area contributed by atoms with E-state index in [9.17, 15) is 14.7 Å². The van der Waals surface area contributed by atoms with Crippen LogP contribution in [0, 0.1) is 0 Å². The lowest BCUT2D eigenvalue weighted by Gasteiger charge is -2.37. The molecule has 1 aliphatic heterocycles. The molecule has 2 aliphatic rings. The third kappa shape index (κ3) is 5.84. The summed E-state index contributed by atoms with van der Waals surface area (Å²) in [5.41, 5.74) is 3.94. The number of phenols is 1. The molecule has 2 aromatic carbocycles. The molecule has 4 rings (SSSR count). The normalized spacial score (nSPS) is 18.7. The van der Waals surface area contributed by atoms with Crippen LogP contribution in [-0.4, -0.2) is 44.3 Å². The summed E-state index contributed by atoms with van der Waals surface area (Å²) in [6.07, 6.45) is 2.47. The molecule has 8 nitrogen and oxygen atoms in total. The number of aromatic hydroxyl groups is 1.